The maximum atomic E-state index is 14.1. The van der Waals surface area contributed by atoms with Crippen LogP contribution in [-0.2, 0) is 6.54 Å². The normalized spacial score (nSPS) is 22.4. The Morgan fingerprint density at radius 1 is 1.30 bits per heavy atom. The first-order valence-corrected chi connectivity index (χ1v) is 9.61. The van der Waals surface area contributed by atoms with E-state index in [0.29, 0.717) is 22.6 Å². The Morgan fingerprint density at radius 2 is 2.03 bits per heavy atom. The lowest BCUT2D eigenvalue weighted by molar-refractivity contribution is 0.0607. The molecule has 2 amide bonds. The van der Waals surface area contributed by atoms with Crippen LogP contribution in [0.5, 0.6) is 0 Å². The number of aromatic nitrogens is 5. The molecule has 8 nitrogen and oxygen atoms in total. The van der Waals surface area contributed by atoms with E-state index in [2.05, 4.69) is 25.6 Å². The van der Waals surface area contributed by atoms with Gasteiger partial charge in [0.25, 0.3) is 5.92 Å². The number of fused-ring (bicyclic) bond motifs is 2. The summed E-state index contributed by atoms with van der Waals surface area (Å²) in [6, 6.07) is 1.29. The highest BCUT2D eigenvalue weighted by Crippen LogP contribution is 2.59. The number of aromatic amines is 1. The van der Waals surface area contributed by atoms with Crippen molar-refractivity contribution in [2.45, 2.75) is 32.0 Å². The molecule has 1 saturated heterocycles. The molecule has 0 radical (unpaired) electrons. The molecule has 30 heavy (non-hydrogen) atoms. The lowest BCUT2D eigenvalue weighted by Crippen LogP contribution is -2.36. The van der Waals surface area contributed by atoms with Crippen LogP contribution in [0.25, 0.3) is 22.3 Å². The van der Waals surface area contributed by atoms with Crippen molar-refractivity contribution >= 4 is 22.6 Å². The Kier molecular flexibility index (Phi) is 3.90. The molecule has 2 aliphatic rings. The lowest BCUT2D eigenvalue weighted by atomic mass is 10.1. The third-order valence-electron chi connectivity index (χ3n) is 5.68. The van der Waals surface area contributed by atoms with Gasteiger partial charge in [0.1, 0.15) is 11.4 Å². The summed E-state index contributed by atoms with van der Waals surface area (Å²) in [5.74, 6) is -4.12. The van der Waals surface area contributed by atoms with E-state index in [1.165, 1.54) is 24.9 Å². The molecule has 3 aromatic heterocycles. The smallest absolute Gasteiger partial charge is 0.321 e. The molecule has 158 valence electrons. The van der Waals surface area contributed by atoms with E-state index >= 15 is 0 Å². The molecule has 2 N–H and O–H groups in total. The van der Waals surface area contributed by atoms with Crippen molar-refractivity contribution in [3.63, 3.8) is 0 Å². The predicted octanol–water partition coefficient (Wildman–Crippen LogP) is 3.30. The standard InChI is InChI=1S/C19H20F3N7O/c1-18(2,20)9-29-15-3-13(23-4-10(15)5-25-29)16-14(6-24-27-16)26-17(30)28-7-11-12(8-28)19(11,21)22/h3-6,11-12H,7-9H2,1-2H3,(H,24,27)(H,26,30). The Hall–Kier alpha value is -3.11. The van der Waals surface area contributed by atoms with E-state index in [1.807, 2.05) is 0 Å². The van der Waals surface area contributed by atoms with E-state index in [4.69, 9.17) is 0 Å². The van der Waals surface area contributed by atoms with Gasteiger partial charge in [0.2, 0.25) is 0 Å². The van der Waals surface area contributed by atoms with E-state index < -0.39 is 29.5 Å². The van der Waals surface area contributed by atoms with Crippen LogP contribution in [0.4, 0.5) is 23.7 Å². The molecule has 2 unspecified atom stereocenters. The second kappa shape index (κ2) is 6.19. The maximum absolute atomic E-state index is 14.1. The highest BCUT2D eigenvalue weighted by molar-refractivity contribution is 5.94. The van der Waals surface area contributed by atoms with Crippen molar-refractivity contribution in [2.24, 2.45) is 11.8 Å². The SMILES string of the molecule is CC(C)(F)Cn1ncc2cnc(-c3[nH]ncc3NC(=O)N3CC4C(C3)C4(F)F)cc21. The van der Waals surface area contributed by atoms with Crippen LogP contribution in [0.1, 0.15) is 13.8 Å². The first-order chi connectivity index (χ1) is 14.1. The largest absolute Gasteiger partial charge is 0.323 e. The summed E-state index contributed by atoms with van der Waals surface area (Å²) in [7, 11) is 0. The zero-order chi connectivity index (χ0) is 21.3. The van der Waals surface area contributed by atoms with Crippen LogP contribution in [0.2, 0.25) is 0 Å². The Bertz CT molecular complexity index is 1120. The number of carbonyl (C=O) groups is 1. The van der Waals surface area contributed by atoms with Gasteiger partial charge in [0.05, 0.1) is 47.7 Å². The fraction of sp³-hybridized carbons (Fsp3) is 0.474. The number of halogens is 3. The highest BCUT2D eigenvalue weighted by Gasteiger charge is 2.72. The third-order valence-corrected chi connectivity index (χ3v) is 5.68. The first kappa shape index (κ1) is 18.9. The van der Waals surface area contributed by atoms with Gasteiger partial charge in [0, 0.05) is 24.7 Å². The van der Waals surface area contributed by atoms with Crippen molar-refractivity contribution in [1.82, 2.24) is 29.9 Å². The molecular formula is C19H20F3N7O. The van der Waals surface area contributed by atoms with E-state index in [-0.39, 0.29) is 19.6 Å². The van der Waals surface area contributed by atoms with E-state index in [1.54, 1.807) is 23.1 Å². The molecule has 0 bridgehead atoms. The molecule has 2 atom stereocenters. The molecular weight excluding hydrogens is 399 g/mol. The van der Waals surface area contributed by atoms with Crippen LogP contribution in [-0.4, -0.2) is 60.6 Å². The van der Waals surface area contributed by atoms with E-state index in [9.17, 15) is 18.0 Å². The zero-order valence-corrected chi connectivity index (χ0v) is 16.4. The van der Waals surface area contributed by atoms with Crippen molar-refractivity contribution in [2.75, 3.05) is 18.4 Å². The number of H-pyrrole nitrogens is 1. The van der Waals surface area contributed by atoms with Crippen molar-refractivity contribution in [1.29, 1.82) is 0 Å². The van der Waals surface area contributed by atoms with Crippen LogP contribution in [0.15, 0.2) is 24.7 Å². The number of alkyl halides is 3. The number of nitrogens with zero attached hydrogens (tertiary/aromatic N) is 5. The number of urea groups is 1. The monoisotopic (exact) mass is 419 g/mol. The number of likely N-dealkylation sites (tertiary alicyclic amines) is 1. The molecule has 4 heterocycles. The molecule has 1 aliphatic carbocycles. The Labute approximate surface area is 169 Å². The minimum absolute atomic E-state index is 0.0408. The van der Waals surface area contributed by atoms with Gasteiger partial charge in [-0.15, -0.1) is 0 Å². The van der Waals surface area contributed by atoms with Crippen LogP contribution in [0, 0.1) is 11.8 Å². The fourth-order valence-corrected chi connectivity index (χ4v) is 4.04. The van der Waals surface area contributed by atoms with Crippen molar-refractivity contribution in [3.05, 3.63) is 24.7 Å². The number of hydrogen-bond donors (Lipinski definition) is 2. The summed E-state index contributed by atoms with van der Waals surface area (Å²) in [6.45, 7) is 3.11. The summed E-state index contributed by atoms with van der Waals surface area (Å²) in [5, 5.41) is 14.5. The van der Waals surface area contributed by atoms with Gasteiger partial charge < -0.3 is 10.2 Å². The number of anilines is 1. The number of piperidine rings is 1. The molecule has 1 aliphatic heterocycles. The zero-order valence-electron chi connectivity index (χ0n) is 16.4. The third kappa shape index (κ3) is 3.08. The Morgan fingerprint density at radius 3 is 2.73 bits per heavy atom. The van der Waals surface area contributed by atoms with Crippen LogP contribution < -0.4 is 5.32 Å². The Balaban J connectivity index is 1.37. The van der Waals surface area contributed by atoms with Crippen LogP contribution >= 0.6 is 0 Å². The quantitative estimate of drug-likeness (QED) is 0.679. The summed E-state index contributed by atoms with van der Waals surface area (Å²) in [5.41, 5.74) is 0.593. The molecule has 3 aromatic rings. The molecule has 5 rings (SSSR count). The minimum atomic E-state index is -2.64. The number of amides is 2. The maximum Gasteiger partial charge on any atom is 0.321 e. The highest BCUT2D eigenvalue weighted by atomic mass is 19.3. The summed E-state index contributed by atoms with van der Waals surface area (Å²) in [6.07, 6.45) is 4.66. The van der Waals surface area contributed by atoms with Gasteiger partial charge in [0.15, 0.2) is 0 Å². The molecule has 2 fully saturated rings. The van der Waals surface area contributed by atoms with Crippen molar-refractivity contribution < 1.29 is 18.0 Å². The molecule has 0 spiro atoms. The summed E-state index contributed by atoms with van der Waals surface area (Å²) in [4.78, 5) is 18.3. The van der Waals surface area contributed by atoms with Gasteiger partial charge in [-0.1, -0.05) is 0 Å². The summed E-state index contributed by atoms with van der Waals surface area (Å²) >= 11 is 0. The van der Waals surface area contributed by atoms with Crippen LogP contribution in [0.3, 0.4) is 0 Å². The number of rotatable bonds is 4. The topological polar surface area (TPSA) is 91.7 Å². The average Bonchev–Trinajstić information content (AvgIpc) is 3.21. The van der Waals surface area contributed by atoms with Gasteiger partial charge in [-0.05, 0) is 19.9 Å². The second-order valence-corrected chi connectivity index (χ2v) is 8.53. The number of nitrogens with one attached hydrogen (secondary N) is 2. The van der Waals surface area contributed by atoms with E-state index in [0.717, 1.165) is 5.39 Å². The van der Waals surface area contributed by atoms with Crippen molar-refractivity contribution in [3.8, 4) is 11.4 Å². The predicted molar refractivity (Wildman–Crippen MR) is 103 cm³/mol. The van der Waals surface area contributed by atoms with Gasteiger partial charge in [-0.25, -0.2) is 18.0 Å². The lowest BCUT2D eigenvalue weighted by Gasteiger charge is -2.20. The van der Waals surface area contributed by atoms with Gasteiger partial charge in [-0.3, -0.25) is 14.8 Å². The second-order valence-electron chi connectivity index (χ2n) is 8.53. The van der Waals surface area contributed by atoms with Gasteiger partial charge in [-0.2, -0.15) is 10.2 Å². The number of hydrogen-bond acceptors (Lipinski definition) is 4. The summed E-state index contributed by atoms with van der Waals surface area (Å²) < 4.78 is 42.4. The molecule has 11 heteroatoms. The number of carbonyl (C=O) groups excluding carboxylic acids is 1. The van der Waals surface area contributed by atoms with Gasteiger partial charge >= 0.3 is 6.03 Å². The average molecular weight is 419 g/mol. The minimum Gasteiger partial charge on any atom is -0.323 e. The number of pyridine rings is 1. The fourth-order valence-electron chi connectivity index (χ4n) is 4.04. The molecule has 1 saturated carbocycles. The molecule has 0 aromatic carbocycles. The first-order valence-electron chi connectivity index (χ1n) is 9.61.